The van der Waals surface area contributed by atoms with E-state index in [1.165, 1.54) is 5.56 Å². The summed E-state index contributed by atoms with van der Waals surface area (Å²) < 4.78 is 5.39. The molecular formula is C15H26N2O. The van der Waals surface area contributed by atoms with Gasteiger partial charge in [0.2, 0.25) is 0 Å². The maximum atomic E-state index is 5.70. The number of nitrogens with zero attached hydrogens (tertiary/aromatic N) is 1. The standard InChI is InChI=1S/C15H26N2O/c1-4-18-11-5-10-17(13(2)3)12-14-6-8-15(16)9-7-14/h6-9,13H,4-5,10-12,16H2,1-3H3. The molecule has 0 atom stereocenters. The Kier molecular flexibility index (Phi) is 6.76. The van der Waals surface area contributed by atoms with Crippen LogP contribution in [0.15, 0.2) is 24.3 Å². The number of hydrogen-bond acceptors (Lipinski definition) is 3. The van der Waals surface area contributed by atoms with Crippen molar-refractivity contribution < 1.29 is 4.74 Å². The Balaban J connectivity index is 2.44. The maximum absolute atomic E-state index is 5.70. The Bertz CT molecular complexity index is 322. The highest BCUT2D eigenvalue weighted by atomic mass is 16.5. The SMILES string of the molecule is CCOCCCN(Cc1ccc(N)cc1)C(C)C. The van der Waals surface area contributed by atoms with Gasteiger partial charge in [-0.2, -0.15) is 0 Å². The number of ether oxygens (including phenoxy) is 1. The van der Waals surface area contributed by atoms with Crippen molar-refractivity contribution in [1.29, 1.82) is 0 Å². The third kappa shape index (κ3) is 5.52. The van der Waals surface area contributed by atoms with Crippen molar-refractivity contribution in [2.45, 2.75) is 39.8 Å². The number of anilines is 1. The normalized spacial score (nSPS) is 11.4. The molecule has 3 nitrogen and oxygen atoms in total. The van der Waals surface area contributed by atoms with E-state index < -0.39 is 0 Å². The van der Waals surface area contributed by atoms with Crippen molar-refractivity contribution in [2.75, 3.05) is 25.5 Å². The lowest BCUT2D eigenvalue weighted by atomic mass is 10.1. The Morgan fingerprint density at radius 1 is 1.22 bits per heavy atom. The Hall–Kier alpha value is -1.06. The van der Waals surface area contributed by atoms with Crippen molar-refractivity contribution in [3.8, 4) is 0 Å². The van der Waals surface area contributed by atoms with Crippen molar-refractivity contribution in [3.63, 3.8) is 0 Å². The van der Waals surface area contributed by atoms with Crippen LogP contribution in [0.4, 0.5) is 5.69 Å². The molecule has 0 spiro atoms. The maximum Gasteiger partial charge on any atom is 0.0478 e. The zero-order valence-electron chi connectivity index (χ0n) is 11.9. The van der Waals surface area contributed by atoms with Crippen LogP contribution >= 0.6 is 0 Å². The lowest BCUT2D eigenvalue weighted by Gasteiger charge is -2.26. The number of nitrogen functional groups attached to an aromatic ring is 1. The van der Waals surface area contributed by atoms with Crippen LogP contribution in [0, 0.1) is 0 Å². The van der Waals surface area contributed by atoms with Gasteiger partial charge in [0.15, 0.2) is 0 Å². The van der Waals surface area contributed by atoms with E-state index in [1.54, 1.807) is 0 Å². The minimum absolute atomic E-state index is 0.546. The lowest BCUT2D eigenvalue weighted by molar-refractivity contribution is 0.123. The van der Waals surface area contributed by atoms with E-state index in [-0.39, 0.29) is 0 Å². The van der Waals surface area contributed by atoms with Gasteiger partial charge in [-0.15, -0.1) is 0 Å². The van der Waals surface area contributed by atoms with E-state index in [0.717, 1.165) is 38.4 Å². The van der Waals surface area contributed by atoms with Gasteiger partial charge >= 0.3 is 0 Å². The molecule has 102 valence electrons. The summed E-state index contributed by atoms with van der Waals surface area (Å²) in [6.07, 6.45) is 1.08. The fourth-order valence-electron chi connectivity index (χ4n) is 1.89. The molecule has 0 aliphatic rings. The monoisotopic (exact) mass is 250 g/mol. The average Bonchev–Trinajstić information content (AvgIpc) is 2.35. The summed E-state index contributed by atoms with van der Waals surface area (Å²) in [5, 5.41) is 0. The first-order chi connectivity index (χ1) is 8.63. The van der Waals surface area contributed by atoms with Gasteiger partial charge in [-0.05, 0) is 44.9 Å². The van der Waals surface area contributed by atoms with E-state index in [4.69, 9.17) is 10.5 Å². The molecule has 1 rings (SSSR count). The van der Waals surface area contributed by atoms with Gasteiger partial charge < -0.3 is 10.5 Å². The third-order valence-electron chi connectivity index (χ3n) is 3.03. The summed E-state index contributed by atoms with van der Waals surface area (Å²) in [7, 11) is 0. The molecule has 0 radical (unpaired) electrons. The highest BCUT2D eigenvalue weighted by Gasteiger charge is 2.09. The molecule has 18 heavy (non-hydrogen) atoms. The second-order valence-corrected chi connectivity index (χ2v) is 4.86. The van der Waals surface area contributed by atoms with E-state index in [0.29, 0.717) is 6.04 Å². The van der Waals surface area contributed by atoms with Crippen molar-refractivity contribution in [2.24, 2.45) is 0 Å². The molecule has 0 heterocycles. The number of nitrogens with two attached hydrogens (primary N) is 1. The quantitative estimate of drug-likeness (QED) is 0.569. The fraction of sp³-hybridized carbons (Fsp3) is 0.600. The van der Waals surface area contributed by atoms with Crippen molar-refractivity contribution >= 4 is 5.69 Å². The van der Waals surface area contributed by atoms with Crippen LogP contribution in [0.5, 0.6) is 0 Å². The third-order valence-corrected chi connectivity index (χ3v) is 3.03. The zero-order valence-corrected chi connectivity index (χ0v) is 11.9. The molecule has 2 N–H and O–H groups in total. The number of rotatable bonds is 8. The predicted octanol–water partition coefficient (Wildman–Crippen LogP) is 2.91. The summed E-state index contributed by atoms with van der Waals surface area (Å²) in [6, 6.07) is 8.69. The van der Waals surface area contributed by atoms with Gasteiger partial charge in [-0.3, -0.25) is 4.90 Å². The Labute approximate surface area is 111 Å². The van der Waals surface area contributed by atoms with Crippen LogP contribution in [0.25, 0.3) is 0 Å². The van der Waals surface area contributed by atoms with Gasteiger partial charge in [0, 0.05) is 38.0 Å². The molecule has 0 fully saturated rings. The topological polar surface area (TPSA) is 38.5 Å². The lowest BCUT2D eigenvalue weighted by Crippen LogP contribution is -2.31. The van der Waals surface area contributed by atoms with E-state index in [1.807, 2.05) is 19.1 Å². The van der Waals surface area contributed by atoms with Gasteiger partial charge in [0.1, 0.15) is 0 Å². The summed E-state index contributed by atoms with van der Waals surface area (Å²) >= 11 is 0. The average molecular weight is 250 g/mol. The molecule has 0 aliphatic carbocycles. The highest BCUT2D eigenvalue weighted by Crippen LogP contribution is 2.11. The van der Waals surface area contributed by atoms with Gasteiger partial charge in [-0.25, -0.2) is 0 Å². The van der Waals surface area contributed by atoms with E-state index in [2.05, 4.69) is 30.9 Å². The second kappa shape index (κ2) is 8.11. The Morgan fingerprint density at radius 3 is 2.44 bits per heavy atom. The van der Waals surface area contributed by atoms with Crippen molar-refractivity contribution in [1.82, 2.24) is 4.90 Å². The van der Waals surface area contributed by atoms with Gasteiger partial charge in [0.05, 0.1) is 0 Å². The highest BCUT2D eigenvalue weighted by molar-refractivity contribution is 5.39. The largest absolute Gasteiger partial charge is 0.399 e. The molecule has 0 saturated heterocycles. The second-order valence-electron chi connectivity index (χ2n) is 4.86. The predicted molar refractivity (Wildman–Crippen MR) is 77.5 cm³/mol. The van der Waals surface area contributed by atoms with Gasteiger partial charge in [0.25, 0.3) is 0 Å². The van der Waals surface area contributed by atoms with E-state index >= 15 is 0 Å². The van der Waals surface area contributed by atoms with Crippen LogP contribution in [-0.4, -0.2) is 30.7 Å². The zero-order chi connectivity index (χ0) is 13.4. The summed E-state index contributed by atoms with van der Waals surface area (Å²) in [5.74, 6) is 0. The molecular weight excluding hydrogens is 224 g/mol. The van der Waals surface area contributed by atoms with Crippen LogP contribution in [-0.2, 0) is 11.3 Å². The molecule has 0 saturated carbocycles. The molecule has 0 unspecified atom stereocenters. The molecule has 3 heteroatoms. The summed E-state index contributed by atoms with van der Waals surface area (Å²) in [4.78, 5) is 2.46. The minimum Gasteiger partial charge on any atom is -0.399 e. The molecule has 1 aromatic rings. The molecule has 0 aromatic heterocycles. The minimum atomic E-state index is 0.546. The summed E-state index contributed by atoms with van der Waals surface area (Å²) in [5.41, 5.74) is 7.84. The first-order valence-corrected chi connectivity index (χ1v) is 6.79. The number of hydrogen-bond donors (Lipinski definition) is 1. The molecule has 1 aromatic carbocycles. The Morgan fingerprint density at radius 2 is 1.89 bits per heavy atom. The fourth-order valence-corrected chi connectivity index (χ4v) is 1.89. The van der Waals surface area contributed by atoms with Gasteiger partial charge in [-0.1, -0.05) is 12.1 Å². The smallest absolute Gasteiger partial charge is 0.0478 e. The van der Waals surface area contributed by atoms with Crippen LogP contribution in [0.3, 0.4) is 0 Å². The molecule has 0 bridgehead atoms. The molecule has 0 amide bonds. The van der Waals surface area contributed by atoms with Crippen LogP contribution in [0.1, 0.15) is 32.8 Å². The molecule has 0 aliphatic heterocycles. The first-order valence-electron chi connectivity index (χ1n) is 6.79. The van der Waals surface area contributed by atoms with Crippen LogP contribution in [0.2, 0.25) is 0 Å². The van der Waals surface area contributed by atoms with Crippen molar-refractivity contribution in [3.05, 3.63) is 29.8 Å². The summed E-state index contributed by atoms with van der Waals surface area (Å²) in [6.45, 7) is 10.2. The van der Waals surface area contributed by atoms with E-state index in [9.17, 15) is 0 Å². The van der Waals surface area contributed by atoms with Crippen LogP contribution < -0.4 is 5.73 Å². The first kappa shape index (κ1) is 15.0. The number of benzene rings is 1.